The number of hydrogen-bond acceptors (Lipinski definition) is 2. The zero-order valence-electron chi connectivity index (χ0n) is 11.7. The van der Waals surface area contributed by atoms with Crippen LogP contribution in [0.1, 0.15) is 37.7 Å². The van der Waals surface area contributed by atoms with Gasteiger partial charge >= 0.3 is 0 Å². The highest BCUT2D eigenvalue weighted by molar-refractivity contribution is 9.11. The number of aryl methyl sites for hydroxylation is 1. The Morgan fingerprint density at radius 3 is 2.80 bits per heavy atom. The molecule has 3 nitrogen and oxygen atoms in total. The maximum atomic E-state index is 4.57. The fourth-order valence-corrected chi connectivity index (χ4v) is 3.15. The molecule has 0 spiro atoms. The summed E-state index contributed by atoms with van der Waals surface area (Å²) in [4.78, 5) is 4.57. The van der Waals surface area contributed by atoms with Crippen molar-refractivity contribution in [2.24, 2.45) is 0 Å². The fraction of sp³-hybridized carbons (Fsp3) is 0.400. The molecule has 1 N–H and O–H groups in total. The summed E-state index contributed by atoms with van der Waals surface area (Å²) in [6.45, 7) is 6.18. The molecule has 0 saturated heterocycles. The number of imidazole rings is 1. The van der Waals surface area contributed by atoms with E-state index in [0.717, 1.165) is 34.3 Å². The second kappa shape index (κ2) is 7.38. The summed E-state index contributed by atoms with van der Waals surface area (Å²) < 4.78 is 4.39. The van der Waals surface area contributed by atoms with Gasteiger partial charge in [0.2, 0.25) is 0 Å². The zero-order valence-corrected chi connectivity index (χ0v) is 14.9. The van der Waals surface area contributed by atoms with E-state index in [1.165, 1.54) is 5.56 Å². The van der Waals surface area contributed by atoms with Gasteiger partial charge in [-0.25, -0.2) is 4.98 Å². The molecule has 0 aliphatic carbocycles. The molecule has 0 fully saturated rings. The molecule has 0 saturated carbocycles. The van der Waals surface area contributed by atoms with E-state index in [1.54, 1.807) is 0 Å². The Morgan fingerprint density at radius 2 is 2.10 bits per heavy atom. The molecule has 0 amide bonds. The van der Waals surface area contributed by atoms with E-state index < -0.39 is 0 Å². The van der Waals surface area contributed by atoms with Gasteiger partial charge in [0, 0.05) is 27.9 Å². The van der Waals surface area contributed by atoms with E-state index in [1.807, 2.05) is 12.3 Å². The van der Waals surface area contributed by atoms with Crippen LogP contribution in [0.15, 0.2) is 39.5 Å². The lowest BCUT2D eigenvalue weighted by molar-refractivity contribution is 0.542. The van der Waals surface area contributed by atoms with Crippen LogP contribution in [0.25, 0.3) is 0 Å². The van der Waals surface area contributed by atoms with E-state index in [2.05, 4.69) is 78.9 Å². The molecule has 0 bridgehead atoms. The number of rotatable bonds is 6. The summed E-state index contributed by atoms with van der Waals surface area (Å²) >= 11 is 7.20. The minimum absolute atomic E-state index is 0.0911. The van der Waals surface area contributed by atoms with Crippen molar-refractivity contribution in [1.29, 1.82) is 0 Å². The monoisotopic (exact) mass is 399 g/mol. The van der Waals surface area contributed by atoms with Crippen molar-refractivity contribution in [1.82, 2.24) is 14.9 Å². The normalized spacial score (nSPS) is 12.6. The predicted octanol–water partition coefficient (Wildman–Crippen LogP) is 4.52. The first kappa shape index (κ1) is 15.7. The standard InChI is InChI=1S/C15H19Br2N3/c1-3-8-20-9-7-19-15(20)14(18-4-2)12-10-11(16)5-6-13(12)17/h5-7,9-10,14,18H,3-4,8H2,1-2H3. The molecule has 1 heterocycles. The summed E-state index contributed by atoms with van der Waals surface area (Å²) in [5.74, 6) is 1.06. The molecule has 0 aliphatic heterocycles. The second-order valence-electron chi connectivity index (χ2n) is 4.64. The first-order chi connectivity index (χ1) is 9.67. The van der Waals surface area contributed by atoms with Crippen molar-refractivity contribution in [3.8, 4) is 0 Å². The molecule has 0 aliphatic rings. The van der Waals surface area contributed by atoms with Gasteiger partial charge in [0.05, 0.1) is 6.04 Å². The summed E-state index contributed by atoms with van der Waals surface area (Å²) in [6.07, 6.45) is 5.03. The van der Waals surface area contributed by atoms with Crippen LogP contribution in [0.2, 0.25) is 0 Å². The fourth-order valence-electron chi connectivity index (χ4n) is 2.29. The average Bonchev–Trinajstić information content (AvgIpc) is 2.88. The number of benzene rings is 1. The van der Waals surface area contributed by atoms with Crippen molar-refractivity contribution < 1.29 is 0 Å². The maximum Gasteiger partial charge on any atom is 0.130 e. The molecule has 1 unspecified atom stereocenters. The van der Waals surface area contributed by atoms with Crippen LogP contribution in [0, 0.1) is 0 Å². The lowest BCUT2D eigenvalue weighted by atomic mass is 10.1. The third-order valence-electron chi connectivity index (χ3n) is 3.15. The van der Waals surface area contributed by atoms with Crippen LogP contribution >= 0.6 is 31.9 Å². The van der Waals surface area contributed by atoms with Crippen LogP contribution in [0.5, 0.6) is 0 Å². The van der Waals surface area contributed by atoms with Crippen molar-refractivity contribution in [3.05, 3.63) is 50.9 Å². The van der Waals surface area contributed by atoms with Crippen LogP contribution in [0.4, 0.5) is 0 Å². The predicted molar refractivity (Wildman–Crippen MR) is 89.9 cm³/mol. The smallest absolute Gasteiger partial charge is 0.130 e. The molecule has 1 aromatic heterocycles. The molecule has 1 aromatic carbocycles. The molecule has 2 aromatic rings. The number of halogens is 2. The van der Waals surface area contributed by atoms with Crippen molar-refractivity contribution in [3.63, 3.8) is 0 Å². The quantitative estimate of drug-likeness (QED) is 0.772. The van der Waals surface area contributed by atoms with Gasteiger partial charge in [0.1, 0.15) is 5.82 Å². The van der Waals surface area contributed by atoms with Crippen LogP contribution in [-0.2, 0) is 6.54 Å². The summed E-state index contributed by atoms with van der Waals surface area (Å²) in [6, 6.07) is 6.34. The van der Waals surface area contributed by atoms with E-state index in [0.29, 0.717) is 0 Å². The van der Waals surface area contributed by atoms with Gasteiger partial charge in [-0.05, 0) is 36.7 Å². The number of nitrogens with zero attached hydrogens (tertiary/aromatic N) is 2. The Bertz CT molecular complexity index is 566. The Hall–Kier alpha value is -0.650. The Morgan fingerprint density at radius 1 is 1.30 bits per heavy atom. The van der Waals surface area contributed by atoms with Gasteiger partial charge in [-0.2, -0.15) is 0 Å². The highest BCUT2D eigenvalue weighted by atomic mass is 79.9. The third kappa shape index (κ3) is 3.51. The van der Waals surface area contributed by atoms with Gasteiger partial charge in [-0.15, -0.1) is 0 Å². The van der Waals surface area contributed by atoms with Crippen LogP contribution < -0.4 is 5.32 Å². The second-order valence-corrected chi connectivity index (χ2v) is 6.41. The Balaban J connectivity index is 2.44. The first-order valence-corrected chi connectivity index (χ1v) is 8.45. The Kier molecular flexibility index (Phi) is 5.81. The van der Waals surface area contributed by atoms with Gasteiger partial charge in [-0.1, -0.05) is 45.7 Å². The summed E-state index contributed by atoms with van der Waals surface area (Å²) in [5.41, 5.74) is 1.20. The van der Waals surface area contributed by atoms with E-state index >= 15 is 0 Å². The van der Waals surface area contributed by atoms with Crippen molar-refractivity contribution in [2.75, 3.05) is 6.54 Å². The molecular weight excluding hydrogens is 382 g/mol. The lowest BCUT2D eigenvalue weighted by Crippen LogP contribution is -2.25. The van der Waals surface area contributed by atoms with Crippen LogP contribution in [-0.4, -0.2) is 16.1 Å². The Labute approximate surface area is 137 Å². The zero-order chi connectivity index (χ0) is 14.5. The van der Waals surface area contributed by atoms with E-state index in [-0.39, 0.29) is 6.04 Å². The largest absolute Gasteiger partial charge is 0.333 e. The molecule has 108 valence electrons. The van der Waals surface area contributed by atoms with E-state index in [4.69, 9.17) is 0 Å². The molecule has 2 rings (SSSR count). The summed E-state index contributed by atoms with van der Waals surface area (Å²) in [7, 11) is 0. The molecule has 5 heteroatoms. The topological polar surface area (TPSA) is 29.9 Å². The number of aromatic nitrogens is 2. The molecule has 20 heavy (non-hydrogen) atoms. The highest BCUT2D eigenvalue weighted by Gasteiger charge is 2.20. The maximum absolute atomic E-state index is 4.57. The van der Waals surface area contributed by atoms with Gasteiger partial charge in [-0.3, -0.25) is 0 Å². The van der Waals surface area contributed by atoms with E-state index in [9.17, 15) is 0 Å². The van der Waals surface area contributed by atoms with Crippen LogP contribution in [0.3, 0.4) is 0 Å². The average molecular weight is 401 g/mol. The van der Waals surface area contributed by atoms with Gasteiger partial charge < -0.3 is 9.88 Å². The molecule has 1 atom stereocenters. The first-order valence-electron chi connectivity index (χ1n) is 6.86. The number of hydrogen-bond donors (Lipinski definition) is 1. The van der Waals surface area contributed by atoms with Crippen molar-refractivity contribution in [2.45, 2.75) is 32.9 Å². The SMILES string of the molecule is CCCn1ccnc1C(NCC)c1cc(Br)ccc1Br. The number of nitrogens with one attached hydrogen (secondary N) is 1. The highest BCUT2D eigenvalue weighted by Crippen LogP contribution is 2.30. The minimum atomic E-state index is 0.0911. The minimum Gasteiger partial charge on any atom is -0.333 e. The van der Waals surface area contributed by atoms with Gasteiger partial charge in [0.15, 0.2) is 0 Å². The molecule has 0 radical (unpaired) electrons. The van der Waals surface area contributed by atoms with Gasteiger partial charge in [0.25, 0.3) is 0 Å². The lowest BCUT2D eigenvalue weighted by Gasteiger charge is -2.21. The summed E-state index contributed by atoms with van der Waals surface area (Å²) in [5, 5.41) is 3.53. The van der Waals surface area contributed by atoms with Crippen molar-refractivity contribution >= 4 is 31.9 Å². The third-order valence-corrected chi connectivity index (χ3v) is 4.36. The molecular formula is C15H19Br2N3.